The van der Waals surface area contributed by atoms with Crippen LogP contribution in [-0.4, -0.2) is 68.2 Å². The fourth-order valence-electron chi connectivity index (χ4n) is 6.70. The standard InChI is InChI=1S/C41H27N11O15S5/c1-21-32(18-42)38(45-24-6-10-28(11-7-24)69(56,57)58)47-39(46-25-8-12-29(13-9-25)70(59,60)61)37(21)49-50-40-33(19-43)36(22-2-4-23(5-3-22)44-20-53)41(68-40)51-48-26-14-30-31(34(15-26)71(62,63)64)16-27(52(54)55)17-35(30)72(65,66)67/h2-17,20H,1H3,(H,44,53)(H2,45,46,47)(H,56,57,58)(H,59,60,61)(H,62,63,64)(H,65,66,67). The highest BCUT2D eigenvalue weighted by atomic mass is 32.2. The number of rotatable bonds is 16. The smallest absolute Gasteiger partial charge is 0.295 e. The zero-order valence-electron chi connectivity index (χ0n) is 35.7. The van der Waals surface area contributed by atoms with E-state index in [-0.39, 0.29) is 66.5 Å². The van der Waals surface area contributed by atoms with Gasteiger partial charge in [-0.2, -0.15) is 44.2 Å². The Balaban J connectivity index is 1.41. The number of thiophene rings is 1. The molecule has 7 rings (SSSR count). The molecule has 31 heteroatoms. The van der Waals surface area contributed by atoms with E-state index < -0.39 is 87.1 Å². The quantitative estimate of drug-likeness (QED) is 0.0156. The third-order valence-corrected chi connectivity index (χ3v) is 14.4. The molecule has 0 saturated heterocycles. The number of anilines is 5. The first-order valence-corrected chi connectivity index (χ1v) is 25.9. The van der Waals surface area contributed by atoms with Gasteiger partial charge in [-0.05, 0) is 85.3 Å². The second-order valence-corrected chi connectivity index (χ2v) is 21.1. The molecule has 2 aromatic heterocycles. The minimum absolute atomic E-state index is 0.0206. The van der Waals surface area contributed by atoms with Gasteiger partial charge < -0.3 is 16.0 Å². The summed E-state index contributed by atoms with van der Waals surface area (Å²) in [4.78, 5) is 23.2. The van der Waals surface area contributed by atoms with Gasteiger partial charge in [-0.1, -0.05) is 23.5 Å². The predicted molar refractivity (Wildman–Crippen MR) is 256 cm³/mol. The van der Waals surface area contributed by atoms with Crippen LogP contribution in [0.15, 0.2) is 137 Å². The monoisotopic (exact) mass is 1070 g/mol. The highest BCUT2D eigenvalue weighted by Crippen LogP contribution is 2.49. The SMILES string of the molecule is Cc1c(C#N)c(Nc2ccc(S(=O)(=O)O)cc2)nc(Nc2ccc(S(=O)(=O)O)cc2)c1N=Nc1sc(N=Nc2cc(S(=O)(=O)O)c3cc([N+](=O)[O-])cc(S(=O)(=O)O)c3c2)c(-c2ccc(NC=O)cc2)c1C#N. The number of nitro groups is 1. The first-order valence-electron chi connectivity index (χ1n) is 19.4. The van der Waals surface area contributed by atoms with Gasteiger partial charge in [0.1, 0.15) is 38.2 Å². The molecule has 1 amide bonds. The number of fused-ring (bicyclic) bond motifs is 1. The van der Waals surface area contributed by atoms with Crippen molar-refractivity contribution in [2.75, 3.05) is 16.0 Å². The summed E-state index contributed by atoms with van der Waals surface area (Å²) in [5.74, 6) is -0.273. The summed E-state index contributed by atoms with van der Waals surface area (Å²) in [5.41, 5.74) is -0.867. The second kappa shape index (κ2) is 19.7. The van der Waals surface area contributed by atoms with Crippen molar-refractivity contribution < 1.29 is 61.6 Å². The maximum Gasteiger partial charge on any atom is 0.295 e. The van der Waals surface area contributed by atoms with Crippen molar-refractivity contribution in [3.63, 3.8) is 0 Å². The second-order valence-electron chi connectivity index (χ2n) is 14.5. The van der Waals surface area contributed by atoms with Crippen molar-refractivity contribution in [2.45, 2.75) is 26.5 Å². The summed E-state index contributed by atoms with van der Waals surface area (Å²) in [5, 5.41) is 56.2. The molecule has 0 fully saturated rings. The van der Waals surface area contributed by atoms with E-state index in [0.717, 1.165) is 30.3 Å². The van der Waals surface area contributed by atoms with Gasteiger partial charge in [0.15, 0.2) is 16.6 Å². The molecular weight excluding hydrogens is 1050 g/mol. The number of hydrogen-bond donors (Lipinski definition) is 7. The average molecular weight is 1070 g/mol. The van der Waals surface area contributed by atoms with Crippen LogP contribution in [0.3, 0.4) is 0 Å². The third-order valence-electron chi connectivity index (χ3n) is 9.97. The predicted octanol–water partition coefficient (Wildman–Crippen LogP) is 8.80. The van der Waals surface area contributed by atoms with Gasteiger partial charge in [-0.3, -0.25) is 33.1 Å². The summed E-state index contributed by atoms with van der Waals surface area (Å²) in [6, 6.07) is 21.9. The number of aromatic nitrogens is 1. The Kier molecular flexibility index (Phi) is 14.1. The lowest BCUT2D eigenvalue weighted by atomic mass is 10.0. The van der Waals surface area contributed by atoms with Gasteiger partial charge in [0.05, 0.1) is 26.0 Å². The maximum atomic E-state index is 12.6. The largest absolute Gasteiger partial charge is 0.339 e. The molecule has 5 aromatic carbocycles. The first kappa shape index (κ1) is 51.4. The van der Waals surface area contributed by atoms with E-state index in [9.17, 15) is 77.3 Å². The molecule has 0 bridgehead atoms. The number of amides is 1. The Morgan fingerprint density at radius 3 is 1.64 bits per heavy atom. The van der Waals surface area contributed by atoms with Crippen LogP contribution < -0.4 is 16.0 Å². The van der Waals surface area contributed by atoms with E-state index in [2.05, 4.69) is 41.4 Å². The number of carbonyl (C=O) groups is 1. The number of nitro benzene ring substituents is 1. The molecule has 0 atom stereocenters. The van der Waals surface area contributed by atoms with E-state index >= 15 is 0 Å². The van der Waals surface area contributed by atoms with Crippen LogP contribution in [0.2, 0.25) is 0 Å². The third kappa shape index (κ3) is 11.1. The molecule has 72 heavy (non-hydrogen) atoms. The minimum Gasteiger partial charge on any atom is -0.339 e. The van der Waals surface area contributed by atoms with Crippen molar-refractivity contribution in [1.82, 2.24) is 4.98 Å². The van der Waals surface area contributed by atoms with Crippen LogP contribution in [-0.2, 0) is 45.3 Å². The molecule has 366 valence electrons. The molecule has 7 aromatic rings. The number of nitrogens with one attached hydrogen (secondary N) is 3. The lowest BCUT2D eigenvalue weighted by molar-refractivity contribution is -0.384. The topological polar surface area (TPSA) is 424 Å². The zero-order valence-corrected chi connectivity index (χ0v) is 39.8. The van der Waals surface area contributed by atoms with Crippen molar-refractivity contribution in [3.8, 4) is 23.3 Å². The molecule has 0 radical (unpaired) electrons. The van der Waals surface area contributed by atoms with Crippen LogP contribution >= 0.6 is 11.3 Å². The van der Waals surface area contributed by atoms with Gasteiger partial charge in [0.2, 0.25) is 6.41 Å². The maximum absolute atomic E-state index is 12.6. The summed E-state index contributed by atoms with van der Waals surface area (Å²) in [6.45, 7) is 1.45. The van der Waals surface area contributed by atoms with Crippen LogP contribution in [0.5, 0.6) is 0 Å². The molecule has 0 saturated carbocycles. The summed E-state index contributed by atoms with van der Waals surface area (Å²) >= 11 is 0.669. The van der Waals surface area contributed by atoms with E-state index in [1.54, 1.807) is 0 Å². The number of pyridine rings is 1. The molecule has 0 aliphatic rings. The van der Waals surface area contributed by atoms with E-state index in [1.165, 1.54) is 55.5 Å². The van der Waals surface area contributed by atoms with Crippen molar-refractivity contribution >= 4 is 125 Å². The molecule has 0 aliphatic carbocycles. The van der Waals surface area contributed by atoms with Crippen molar-refractivity contribution in [1.29, 1.82) is 10.5 Å². The Morgan fingerprint density at radius 1 is 0.639 bits per heavy atom. The Labute approximate surface area is 409 Å². The number of benzene rings is 5. The Bertz CT molecular complexity index is 4030. The number of nitrogens with zero attached hydrogens (tertiary/aromatic N) is 8. The van der Waals surface area contributed by atoms with E-state index in [1.807, 2.05) is 12.1 Å². The molecule has 0 spiro atoms. The molecule has 0 aliphatic heterocycles. The number of carbonyl (C=O) groups excluding carboxylic acids is 1. The molecule has 7 N–H and O–H groups in total. The molecular formula is C41H27N11O15S5. The van der Waals surface area contributed by atoms with E-state index in [0.29, 0.717) is 41.6 Å². The van der Waals surface area contributed by atoms with Gasteiger partial charge in [0, 0.05) is 51.1 Å². The fourth-order valence-corrected chi connectivity index (χ4v) is 10.0. The highest BCUT2D eigenvalue weighted by molar-refractivity contribution is 7.86. The summed E-state index contributed by atoms with van der Waals surface area (Å²) in [7, 11) is -19.8. The lowest BCUT2D eigenvalue weighted by Crippen LogP contribution is -2.05. The molecule has 2 heterocycles. The Morgan fingerprint density at radius 2 is 1.14 bits per heavy atom. The Hall–Kier alpha value is -8.50. The van der Waals surface area contributed by atoms with Crippen molar-refractivity contribution in [3.05, 3.63) is 124 Å². The minimum atomic E-state index is -5.30. The normalized spacial score (nSPS) is 12.2. The first-order chi connectivity index (χ1) is 33.8. The molecule has 0 unspecified atom stereocenters. The lowest BCUT2D eigenvalue weighted by Gasteiger charge is -2.16. The zero-order chi connectivity index (χ0) is 52.5. The van der Waals surface area contributed by atoms with Gasteiger partial charge >= 0.3 is 0 Å². The fraction of sp³-hybridized carbons (Fsp3) is 0.0244. The number of hydrogen-bond acceptors (Lipinski definition) is 21. The number of non-ortho nitro benzene ring substituents is 1. The van der Waals surface area contributed by atoms with Gasteiger partial charge in [-0.15, -0.1) is 20.5 Å². The van der Waals surface area contributed by atoms with E-state index in [4.69, 9.17) is 0 Å². The summed E-state index contributed by atoms with van der Waals surface area (Å²) in [6.07, 6.45) is 0.410. The van der Waals surface area contributed by atoms with Crippen molar-refractivity contribution in [2.24, 2.45) is 20.5 Å². The number of nitriles is 2. The average Bonchev–Trinajstić information content (AvgIpc) is 3.66. The van der Waals surface area contributed by atoms with Crippen LogP contribution in [0.1, 0.15) is 16.7 Å². The van der Waals surface area contributed by atoms with Gasteiger partial charge in [-0.25, -0.2) is 4.98 Å². The molecule has 26 nitrogen and oxygen atoms in total. The highest BCUT2D eigenvalue weighted by Gasteiger charge is 2.27. The van der Waals surface area contributed by atoms with Gasteiger partial charge in [0.25, 0.3) is 46.2 Å². The van der Waals surface area contributed by atoms with Crippen LogP contribution in [0.25, 0.3) is 21.9 Å². The number of azo groups is 2. The van der Waals surface area contributed by atoms with Crippen LogP contribution in [0.4, 0.5) is 55.8 Å². The van der Waals surface area contributed by atoms with Crippen LogP contribution in [0, 0.1) is 39.7 Å². The summed E-state index contributed by atoms with van der Waals surface area (Å²) < 4.78 is 136.